The van der Waals surface area contributed by atoms with Crippen molar-refractivity contribution >= 4 is 28.1 Å². The molecule has 5 heteroatoms. The lowest BCUT2D eigenvalue weighted by molar-refractivity contribution is -0.117. The predicted molar refractivity (Wildman–Crippen MR) is 127 cm³/mol. The Kier molecular flexibility index (Phi) is 6.43. The number of hydrogen-bond donors (Lipinski definition) is 0. The van der Waals surface area contributed by atoms with Crippen LogP contribution in [0.15, 0.2) is 84.9 Å². The minimum absolute atomic E-state index is 0.0123. The first-order valence-corrected chi connectivity index (χ1v) is 11.0. The second kappa shape index (κ2) is 9.58. The van der Waals surface area contributed by atoms with Crippen LogP contribution in [0.5, 0.6) is 5.75 Å². The number of methoxy groups -OCH3 is 1. The summed E-state index contributed by atoms with van der Waals surface area (Å²) in [6.45, 7) is 2.04. The normalized spacial score (nSPS) is 10.6. The zero-order chi connectivity index (χ0) is 21.6. The highest BCUT2D eigenvalue weighted by molar-refractivity contribution is 7.16. The fourth-order valence-corrected chi connectivity index (χ4v) is 4.47. The summed E-state index contributed by atoms with van der Waals surface area (Å²) in [6, 6.07) is 27.7. The van der Waals surface area contributed by atoms with Crippen LogP contribution in [0.4, 0.5) is 10.8 Å². The number of benzene rings is 3. The molecule has 4 rings (SSSR count). The molecule has 31 heavy (non-hydrogen) atoms. The summed E-state index contributed by atoms with van der Waals surface area (Å²) in [6.07, 6.45) is 1.04. The molecule has 3 aromatic carbocycles. The third kappa shape index (κ3) is 4.67. The topological polar surface area (TPSA) is 42.4 Å². The molecule has 0 atom stereocenters. The van der Waals surface area contributed by atoms with Crippen LogP contribution in [-0.2, 0) is 11.2 Å². The number of carbonyl (C=O) groups is 1. The highest BCUT2D eigenvalue weighted by Gasteiger charge is 2.25. The van der Waals surface area contributed by atoms with Gasteiger partial charge in [-0.2, -0.15) is 0 Å². The maximum Gasteiger partial charge on any atom is 0.233 e. The average Bonchev–Trinajstić information content (AvgIpc) is 3.20. The number of aromatic nitrogens is 1. The van der Waals surface area contributed by atoms with Gasteiger partial charge in [0.25, 0.3) is 0 Å². The molecule has 0 aliphatic rings. The zero-order valence-electron chi connectivity index (χ0n) is 17.6. The third-order valence-corrected chi connectivity index (χ3v) is 6.03. The highest BCUT2D eigenvalue weighted by atomic mass is 32.1. The number of nitrogens with zero attached hydrogens (tertiary/aromatic N) is 2. The third-order valence-electron chi connectivity index (χ3n) is 5.07. The van der Waals surface area contributed by atoms with Crippen molar-refractivity contribution in [1.82, 2.24) is 4.98 Å². The SMILES string of the molecule is COc1ccccc1N(C(=O)CCc1ccccc1)c1nc(-c2ccccc2)c(C)s1. The Morgan fingerprint density at radius 1 is 0.935 bits per heavy atom. The lowest BCUT2D eigenvalue weighted by Gasteiger charge is -2.22. The molecule has 0 spiro atoms. The minimum Gasteiger partial charge on any atom is -0.495 e. The summed E-state index contributed by atoms with van der Waals surface area (Å²) in [5.41, 5.74) is 3.78. The summed E-state index contributed by atoms with van der Waals surface area (Å²) in [5, 5.41) is 0.652. The Balaban J connectivity index is 1.72. The number of carbonyl (C=O) groups excluding carboxylic acids is 1. The van der Waals surface area contributed by atoms with Crippen molar-refractivity contribution < 1.29 is 9.53 Å². The zero-order valence-corrected chi connectivity index (χ0v) is 18.4. The number of hydrogen-bond acceptors (Lipinski definition) is 4. The Bertz CT molecular complexity index is 1160. The van der Waals surface area contributed by atoms with Crippen LogP contribution >= 0.6 is 11.3 Å². The first kappa shape index (κ1) is 20.8. The van der Waals surface area contributed by atoms with Crippen LogP contribution in [0.1, 0.15) is 16.9 Å². The summed E-state index contributed by atoms with van der Waals surface area (Å²) >= 11 is 1.52. The second-order valence-corrected chi connectivity index (χ2v) is 8.34. The molecule has 0 fully saturated rings. The van der Waals surface area contributed by atoms with Gasteiger partial charge in [0, 0.05) is 16.9 Å². The lowest BCUT2D eigenvalue weighted by atomic mass is 10.1. The van der Waals surface area contributed by atoms with E-state index in [9.17, 15) is 4.79 Å². The lowest BCUT2D eigenvalue weighted by Crippen LogP contribution is -2.26. The highest BCUT2D eigenvalue weighted by Crippen LogP contribution is 2.39. The Morgan fingerprint density at radius 3 is 2.29 bits per heavy atom. The molecule has 0 aliphatic carbocycles. The molecule has 0 aliphatic heterocycles. The quantitative estimate of drug-likeness (QED) is 0.341. The van der Waals surface area contributed by atoms with Crippen LogP contribution in [-0.4, -0.2) is 18.0 Å². The van der Waals surface area contributed by atoms with E-state index in [1.807, 2.05) is 91.9 Å². The number of rotatable bonds is 7. The van der Waals surface area contributed by atoms with E-state index in [1.165, 1.54) is 11.3 Å². The minimum atomic E-state index is -0.0123. The van der Waals surface area contributed by atoms with E-state index >= 15 is 0 Å². The second-order valence-electron chi connectivity index (χ2n) is 7.15. The van der Waals surface area contributed by atoms with Crippen LogP contribution < -0.4 is 9.64 Å². The van der Waals surface area contributed by atoms with E-state index in [1.54, 1.807) is 12.0 Å². The predicted octanol–water partition coefficient (Wildman–Crippen LogP) is 6.42. The van der Waals surface area contributed by atoms with Crippen molar-refractivity contribution in [2.75, 3.05) is 12.0 Å². The Morgan fingerprint density at radius 2 is 1.58 bits per heavy atom. The van der Waals surface area contributed by atoms with Gasteiger partial charge in [0.05, 0.1) is 18.5 Å². The van der Waals surface area contributed by atoms with Crippen LogP contribution in [0, 0.1) is 6.92 Å². The number of para-hydroxylation sites is 2. The molecule has 156 valence electrons. The van der Waals surface area contributed by atoms with Gasteiger partial charge in [0.2, 0.25) is 5.91 Å². The van der Waals surface area contributed by atoms with Crippen LogP contribution in [0.2, 0.25) is 0 Å². The number of anilines is 2. The molecule has 0 saturated heterocycles. The van der Waals surface area contributed by atoms with Gasteiger partial charge >= 0.3 is 0 Å². The number of ether oxygens (including phenoxy) is 1. The monoisotopic (exact) mass is 428 g/mol. The molecule has 0 saturated carbocycles. The number of aryl methyl sites for hydroxylation is 2. The maximum atomic E-state index is 13.5. The molecule has 1 heterocycles. The first-order chi connectivity index (χ1) is 15.2. The molecule has 0 bridgehead atoms. The smallest absolute Gasteiger partial charge is 0.233 e. The molecule has 4 aromatic rings. The summed E-state index contributed by atoms with van der Waals surface area (Å²) < 4.78 is 5.57. The van der Waals surface area contributed by atoms with Crippen molar-refractivity contribution in [3.63, 3.8) is 0 Å². The standard InChI is InChI=1S/C26H24N2O2S/c1-19-25(21-13-7-4-8-14-21)27-26(31-19)28(22-15-9-10-16-23(22)30-2)24(29)18-17-20-11-5-3-6-12-20/h3-16H,17-18H2,1-2H3. The Labute approximate surface area is 186 Å². The maximum absolute atomic E-state index is 13.5. The van der Waals surface area contributed by atoms with Gasteiger partial charge in [-0.1, -0.05) is 72.8 Å². The van der Waals surface area contributed by atoms with E-state index in [0.29, 0.717) is 29.4 Å². The van der Waals surface area contributed by atoms with Gasteiger partial charge in [0.15, 0.2) is 5.13 Å². The van der Waals surface area contributed by atoms with Crippen LogP contribution in [0.3, 0.4) is 0 Å². The molecule has 0 unspecified atom stereocenters. The Hall–Kier alpha value is -3.44. The van der Waals surface area contributed by atoms with E-state index < -0.39 is 0 Å². The van der Waals surface area contributed by atoms with Gasteiger partial charge in [-0.3, -0.25) is 9.69 Å². The molecule has 4 nitrogen and oxygen atoms in total. The van der Waals surface area contributed by atoms with E-state index in [0.717, 1.165) is 21.7 Å². The van der Waals surface area contributed by atoms with Gasteiger partial charge < -0.3 is 4.74 Å². The molecular weight excluding hydrogens is 404 g/mol. The first-order valence-electron chi connectivity index (χ1n) is 10.2. The van der Waals surface area contributed by atoms with E-state index in [-0.39, 0.29) is 5.91 Å². The van der Waals surface area contributed by atoms with Crippen molar-refractivity contribution in [3.8, 4) is 17.0 Å². The van der Waals surface area contributed by atoms with Gasteiger partial charge in [-0.05, 0) is 31.0 Å². The van der Waals surface area contributed by atoms with Crippen molar-refractivity contribution in [3.05, 3.63) is 95.4 Å². The molecule has 1 amide bonds. The molecule has 0 radical (unpaired) electrons. The fourth-order valence-electron chi connectivity index (χ4n) is 3.51. The van der Waals surface area contributed by atoms with Gasteiger partial charge in [-0.25, -0.2) is 4.98 Å². The summed E-state index contributed by atoms with van der Waals surface area (Å²) in [4.78, 5) is 21.1. The number of amides is 1. The molecular formula is C26H24N2O2S. The van der Waals surface area contributed by atoms with E-state index in [2.05, 4.69) is 0 Å². The van der Waals surface area contributed by atoms with Gasteiger partial charge in [0.1, 0.15) is 5.75 Å². The summed E-state index contributed by atoms with van der Waals surface area (Å²) in [7, 11) is 1.62. The van der Waals surface area contributed by atoms with Crippen LogP contribution in [0.25, 0.3) is 11.3 Å². The average molecular weight is 429 g/mol. The fraction of sp³-hybridized carbons (Fsp3) is 0.154. The molecule has 0 N–H and O–H groups in total. The van der Waals surface area contributed by atoms with Crippen molar-refractivity contribution in [2.45, 2.75) is 19.8 Å². The number of thiazole rings is 1. The van der Waals surface area contributed by atoms with Crippen molar-refractivity contribution in [2.24, 2.45) is 0 Å². The van der Waals surface area contributed by atoms with Gasteiger partial charge in [-0.15, -0.1) is 11.3 Å². The summed E-state index contributed by atoms with van der Waals surface area (Å²) in [5.74, 6) is 0.631. The van der Waals surface area contributed by atoms with E-state index in [4.69, 9.17) is 9.72 Å². The van der Waals surface area contributed by atoms with Crippen molar-refractivity contribution in [1.29, 1.82) is 0 Å². The molecule has 1 aromatic heterocycles. The largest absolute Gasteiger partial charge is 0.495 e.